The van der Waals surface area contributed by atoms with Crippen molar-refractivity contribution >= 4 is 28.7 Å². The Hall–Kier alpha value is -1.50. The number of aliphatic hydroxyl groups is 1. The molecule has 6 heteroatoms. The van der Waals surface area contributed by atoms with E-state index in [1.54, 1.807) is 17.8 Å². The molecule has 1 aromatic heterocycles. The molecule has 0 amide bonds. The number of hydrogen-bond acceptors (Lipinski definition) is 5. The van der Waals surface area contributed by atoms with Gasteiger partial charge in [-0.1, -0.05) is 18.2 Å². The minimum absolute atomic E-state index is 0.0272. The molecule has 0 aliphatic carbocycles. The Bertz CT molecular complexity index is 621. The van der Waals surface area contributed by atoms with E-state index in [1.807, 2.05) is 31.4 Å². The average Bonchev–Trinajstić information content (AvgIpc) is 2.85. The van der Waals surface area contributed by atoms with Gasteiger partial charge in [0, 0.05) is 28.8 Å². The quantitative estimate of drug-likeness (QED) is 0.728. The topological polar surface area (TPSA) is 82.7 Å². The predicted octanol–water partition coefficient (Wildman–Crippen LogP) is 2.33. The maximum atomic E-state index is 11.3. The van der Waals surface area contributed by atoms with Crippen LogP contribution in [0.2, 0.25) is 0 Å². The fourth-order valence-corrected chi connectivity index (χ4v) is 2.93. The number of fused-ring (bicyclic) bond motifs is 1. The van der Waals surface area contributed by atoms with E-state index in [1.165, 1.54) is 0 Å². The van der Waals surface area contributed by atoms with Crippen LogP contribution in [0.4, 0.5) is 0 Å². The second kappa shape index (κ2) is 6.98. The van der Waals surface area contributed by atoms with E-state index >= 15 is 0 Å². The standard InChI is InChI=1S/C15H19NO4S/c1-9(13(8-17)21-2)16-7-11-10-5-3-4-6-12(10)20-14(11)15(18)19/h3-6,9,13,16-17H,7-8H2,1-2H3,(H,18,19). The number of carboxylic acids is 1. The molecule has 2 unspecified atom stereocenters. The first kappa shape index (κ1) is 15.9. The van der Waals surface area contributed by atoms with Gasteiger partial charge >= 0.3 is 5.97 Å². The molecule has 0 aliphatic rings. The highest BCUT2D eigenvalue weighted by atomic mass is 32.2. The van der Waals surface area contributed by atoms with E-state index in [0.717, 1.165) is 5.39 Å². The summed E-state index contributed by atoms with van der Waals surface area (Å²) in [5, 5.41) is 22.7. The van der Waals surface area contributed by atoms with E-state index in [2.05, 4.69) is 5.32 Å². The summed E-state index contributed by atoms with van der Waals surface area (Å²) in [6.07, 6.45) is 1.94. The number of thioether (sulfide) groups is 1. The van der Waals surface area contributed by atoms with Crippen molar-refractivity contribution < 1.29 is 19.4 Å². The Morgan fingerprint density at radius 3 is 2.76 bits per heavy atom. The fourth-order valence-electron chi connectivity index (χ4n) is 2.28. The Morgan fingerprint density at radius 1 is 1.43 bits per heavy atom. The summed E-state index contributed by atoms with van der Waals surface area (Å²) in [6.45, 7) is 2.43. The SMILES string of the molecule is CSC(CO)C(C)NCc1c(C(=O)O)oc2ccccc12. The fraction of sp³-hybridized carbons (Fsp3) is 0.400. The van der Waals surface area contributed by atoms with Gasteiger partial charge in [-0.2, -0.15) is 11.8 Å². The molecule has 21 heavy (non-hydrogen) atoms. The van der Waals surface area contributed by atoms with Crippen molar-refractivity contribution in [2.75, 3.05) is 12.9 Å². The Kier molecular flexibility index (Phi) is 5.27. The van der Waals surface area contributed by atoms with Crippen LogP contribution in [-0.4, -0.2) is 40.3 Å². The highest BCUT2D eigenvalue weighted by Crippen LogP contribution is 2.26. The first-order chi connectivity index (χ1) is 10.1. The third-order valence-corrected chi connectivity index (χ3v) is 4.70. The molecule has 2 rings (SSSR count). The molecule has 0 saturated carbocycles. The predicted molar refractivity (Wildman–Crippen MR) is 83.9 cm³/mol. The summed E-state index contributed by atoms with van der Waals surface area (Å²) in [4.78, 5) is 11.3. The third-order valence-electron chi connectivity index (χ3n) is 3.53. The maximum absolute atomic E-state index is 11.3. The molecule has 0 fully saturated rings. The molecule has 0 radical (unpaired) electrons. The molecule has 2 aromatic rings. The summed E-state index contributed by atoms with van der Waals surface area (Å²) in [6, 6.07) is 7.33. The van der Waals surface area contributed by atoms with Crippen LogP contribution in [0.25, 0.3) is 11.0 Å². The van der Waals surface area contributed by atoms with Gasteiger partial charge in [0.1, 0.15) is 5.58 Å². The molecule has 0 spiro atoms. The number of para-hydroxylation sites is 1. The van der Waals surface area contributed by atoms with E-state index in [4.69, 9.17) is 4.42 Å². The lowest BCUT2D eigenvalue weighted by molar-refractivity contribution is 0.0663. The molecule has 1 aromatic carbocycles. The highest BCUT2D eigenvalue weighted by molar-refractivity contribution is 7.99. The number of aromatic carboxylic acids is 1. The number of carbonyl (C=O) groups is 1. The van der Waals surface area contributed by atoms with Crippen LogP contribution in [0.1, 0.15) is 23.0 Å². The minimum Gasteiger partial charge on any atom is -0.475 e. The second-order valence-electron chi connectivity index (χ2n) is 4.84. The van der Waals surface area contributed by atoms with Crippen molar-refractivity contribution in [2.24, 2.45) is 0 Å². The lowest BCUT2D eigenvalue weighted by Gasteiger charge is -2.21. The summed E-state index contributed by atoms with van der Waals surface area (Å²) in [7, 11) is 0. The zero-order valence-corrected chi connectivity index (χ0v) is 12.8. The zero-order valence-electron chi connectivity index (χ0n) is 12.0. The number of hydrogen-bond donors (Lipinski definition) is 3. The van der Waals surface area contributed by atoms with Crippen LogP contribution in [0.5, 0.6) is 0 Å². The summed E-state index contributed by atoms with van der Waals surface area (Å²) in [5.41, 5.74) is 1.21. The van der Waals surface area contributed by atoms with Crippen LogP contribution < -0.4 is 5.32 Å². The van der Waals surface area contributed by atoms with Gasteiger partial charge in [-0.25, -0.2) is 4.79 Å². The van der Waals surface area contributed by atoms with E-state index in [0.29, 0.717) is 17.7 Å². The number of furan rings is 1. The lowest BCUT2D eigenvalue weighted by Crippen LogP contribution is -2.37. The molecule has 0 saturated heterocycles. The Labute approximate surface area is 127 Å². The molecule has 5 nitrogen and oxygen atoms in total. The monoisotopic (exact) mass is 309 g/mol. The second-order valence-corrected chi connectivity index (χ2v) is 5.91. The van der Waals surface area contributed by atoms with Crippen molar-refractivity contribution in [3.63, 3.8) is 0 Å². The molecule has 0 aliphatic heterocycles. The zero-order chi connectivity index (χ0) is 15.4. The number of benzene rings is 1. The molecule has 1 heterocycles. The van der Waals surface area contributed by atoms with E-state index < -0.39 is 5.97 Å². The average molecular weight is 309 g/mol. The smallest absolute Gasteiger partial charge is 0.372 e. The largest absolute Gasteiger partial charge is 0.475 e. The van der Waals surface area contributed by atoms with Gasteiger partial charge in [0.05, 0.1) is 6.61 Å². The van der Waals surface area contributed by atoms with Crippen molar-refractivity contribution in [1.82, 2.24) is 5.32 Å². The first-order valence-electron chi connectivity index (χ1n) is 6.69. The number of carboxylic acid groups (broad SMARTS) is 1. The van der Waals surface area contributed by atoms with Gasteiger partial charge < -0.3 is 19.9 Å². The van der Waals surface area contributed by atoms with Gasteiger partial charge in [-0.3, -0.25) is 0 Å². The summed E-state index contributed by atoms with van der Waals surface area (Å²) < 4.78 is 5.41. The van der Waals surface area contributed by atoms with Crippen LogP contribution in [0.15, 0.2) is 28.7 Å². The van der Waals surface area contributed by atoms with E-state index in [9.17, 15) is 15.0 Å². The maximum Gasteiger partial charge on any atom is 0.372 e. The van der Waals surface area contributed by atoms with E-state index in [-0.39, 0.29) is 23.7 Å². The molecule has 3 N–H and O–H groups in total. The van der Waals surface area contributed by atoms with Gasteiger partial charge in [0.2, 0.25) is 5.76 Å². The molecule has 0 bridgehead atoms. The highest BCUT2D eigenvalue weighted by Gasteiger charge is 2.21. The van der Waals surface area contributed by atoms with Gasteiger partial charge in [-0.15, -0.1) is 0 Å². The van der Waals surface area contributed by atoms with Gasteiger partial charge in [-0.05, 0) is 19.2 Å². The van der Waals surface area contributed by atoms with Crippen LogP contribution >= 0.6 is 11.8 Å². The van der Waals surface area contributed by atoms with Crippen molar-refractivity contribution in [1.29, 1.82) is 0 Å². The number of aliphatic hydroxyl groups excluding tert-OH is 1. The summed E-state index contributed by atoms with van der Waals surface area (Å²) in [5.74, 6) is -1.10. The molecule has 2 atom stereocenters. The summed E-state index contributed by atoms with van der Waals surface area (Å²) >= 11 is 1.58. The number of nitrogens with one attached hydrogen (secondary N) is 1. The Morgan fingerprint density at radius 2 is 2.14 bits per heavy atom. The normalized spacial score (nSPS) is 14.2. The van der Waals surface area contributed by atoms with Gasteiger partial charge in [0.25, 0.3) is 0 Å². The molecule has 114 valence electrons. The van der Waals surface area contributed by atoms with Crippen LogP contribution in [0, 0.1) is 0 Å². The minimum atomic E-state index is -1.07. The van der Waals surface area contributed by atoms with Crippen molar-refractivity contribution in [2.45, 2.75) is 24.8 Å². The van der Waals surface area contributed by atoms with Crippen molar-refractivity contribution in [3.05, 3.63) is 35.6 Å². The van der Waals surface area contributed by atoms with Crippen LogP contribution in [-0.2, 0) is 6.54 Å². The lowest BCUT2D eigenvalue weighted by atomic mass is 10.1. The third kappa shape index (κ3) is 3.40. The first-order valence-corrected chi connectivity index (χ1v) is 7.98. The number of rotatable bonds is 7. The Balaban J connectivity index is 2.24. The van der Waals surface area contributed by atoms with Gasteiger partial charge in [0.15, 0.2) is 0 Å². The molecular formula is C15H19NO4S. The molecular weight excluding hydrogens is 290 g/mol. The van der Waals surface area contributed by atoms with Crippen molar-refractivity contribution in [3.8, 4) is 0 Å². The van der Waals surface area contributed by atoms with Crippen LogP contribution in [0.3, 0.4) is 0 Å².